The molecule has 3 aromatic rings. The molecule has 1 amide bonds. The van der Waals surface area contributed by atoms with Crippen LogP contribution < -0.4 is 10.2 Å². The van der Waals surface area contributed by atoms with Gasteiger partial charge < -0.3 is 9.64 Å². The number of amides is 1. The van der Waals surface area contributed by atoms with Crippen LogP contribution in [0.1, 0.15) is 25.1 Å². The zero-order chi connectivity index (χ0) is 22.5. The van der Waals surface area contributed by atoms with Crippen molar-refractivity contribution < 1.29 is 9.53 Å². The van der Waals surface area contributed by atoms with Crippen molar-refractivity contribution in [1.29, 1.82) is 0 Å². The summed E-state index contributed by atoms with van der Waals surface area (Å²) in [6.45, 7) is 10.8. The molecule has 0 saturated carbocycles. The normalized spacial score (nSPS) is 14.7. The first kappa shape index (κ1) is 22.1. The van der Waals surface area contributed by atoms with Crippen molar-refractivity contribution in [2.75, 3.05) is 42.9 Å². The first-order valence-corrected chi connectivity index (χ1v) is 11.4. The van der Waals surface area contributed by atoms with Crippen molar-refractivity contribution in [3.63, 3.8) is 0 Å². The van der Waals surface area contributed by atoms with E-state index >= 15 is 0 Å². The first-order valence-electron chi connectivity index (χ1n) is 11.4. The van der Waals surface area contributed by atoms with Crippen molar-refractivity contribution in [1.82, 2.24) is 9.88 Å². The summed E-state index contributed by atoms with van der Waals surface area (Å²) in [7, 11) is 0. The maximum Gasteiger partial charge on any atom is 0.411 e. The van der Waals surface area contributed by atoms with Crippen LogP contribution >= 0.6 is 0 Å². The molecule has 2 aromatic carbocycles. The number of hydrogen-bond donors (Lipinski definition) is 1. The number of carbonyl (C=O) groups excluding carboxylic acids is 1. The number of anilines is 2. The highest BCUT2D eigenvalue weighted by Gasteiger charge is 2.19. The van der Waals surface area contributed by atoms with Gasteiger partial charge in [-0.3, -0.25) is 15.2 Å². The molecule has 168 valence electrons. The lowest BCUT2D eigenvalue weighted by Crippen LogP contribution is -2.47. The van der Waals surface area contributed by atoms with Crippen LogP contribution in [0.2, 0.25) is 0 Å². The summed E-state index contributed by atoms with van der Waals surface area (Å²) < 4.78 is 5.16. The molecule has 0 radical (unpaired) electrons. The highest BCUT2D eigenvalue weighted by atomic mass is 16.6. The monoisotopic (exact) mass is 432 g/mol. The summed E-state index contributed by atoms with van der Waals surface area (Å²) in [4.78, 5) is 21.5. The Labute approximate surface area is 190 Å². The third-order valence-electron chi connectivity index (χ3n) is 5.79. The molecular weight excluding hydrogens is 400 g/mol. The quantitative estimate of drug-likeness (QED) is 0.603. The van der Waals surface area contributed by atoms with E-state index in [1.54, 1.807) is 0 Å². The third-order valence-corrected chi connectivity index (χ3v) is 5.79. The van der Waals surface area contributed by atoms with Gasteiger partial charge in [-0.15, -0.1) is 0 Å². The Bertz CT molecular complexity index is 1070. The molecule has 0 spiro atoms. The van der Waals surface area contributed by atoms with Crippen molar-refractivity contribution in [2.24, 2.45) is 0 Å². The molecule has 0 unspecified atom stereocenters. The summed E-state index contributed by atoms with van der Waals surface area (Å²) in [6, 6.07) is 18.7. The van der Waals surface area contributed by atoms with E-state index in [0.29, 0.717) is 0 Å². The maximum atomic E-state index is 11.8. The highest BCUT2D eigenvalue weighted by molar-refractivity contribution is 5.92. The molecule has 1 N–H and O–H groups in total. The molecule has 2 heterocycles. The van der Waals surface area contributed by atoms with Crippen LogP contribution in [-0.2, 0) is 11.2 Å². The van der Waals surface area contributed by atoms with E-state index < -0.39 is 6.09 Å². The van der Waals surface area contributed by atoms with Gasteiger partial charge in [0, 0.05) is 55.2 Å². The van der Waals surface area contributed by atoms with Crippen molar-refractivity contribution in [3.05, 3.63) is 65.9 Å². The Balaban J connectivity index is 1.31. The minimum Gasteiger partial charge on any atom is -0.447 e. The number of ether oxygens (including phenoxy) is 1. The Morgan fingerprint density at radius 1 is 1.06 bits per heavy atom. The molecule has 1 aromatic heterocycles. The number of piperazine rings is 1. The average molecular weight is 433 g/mol. The lowest BCUT2D eigenvalue weighted by molar-refractivity contribution is 0.130. The van der Waals surface area contributed by atoms with Crippen LogP contribution in [0.15, 0.2) is 54.6 Å². The fraction of sp³-hybridized carbons (Fsp3) is 0.385. The summed E-state index contributed by atoms with van der Waals surface area (Å²) in [5, 5.41) is 4.04. The number of carbonyl (C=O) groups is 1. The standard InChI is InChI=1S/C26H32N4O2/c1-19(2)32-26(31)28-22-7-4-6-21(18-22)12-13-29-14-16-30(17-15-29)25-9-5-8-24-23(25)11-10-20(3)27-24/h4-11,18-19H,12-17H2,1-3H3,(H,28,31). The number of benzene rings is 2. The van der Waals surface area contributed by atoms with Crippen LogP contribution in [0.5, 0.6) is 0 Å². The van der Waals surface area contributed by atoms with Crippen LogP contribution in [0.3, 0.4) is 0 Å². The predicted octanol–water partition coefficient (Wildman–Crippen LogP) is 4.86. The Morgan fingerprint density at radius 2 is 1.84 bits per heavy atom. The zero-order valence-electron chi connectivity index (χ0n) is 19.2. The van der Waals surface area contributed by atoms with Crippen LogP contribution in [-0.4, -0.2) is 54.8 Å². The number of aryl methyl sites for hydroxylation is 1. The Morgan fingerprint density at radius 3 is 2.62 bits per heavy atom. The molecule has 1 saturated heterocycles. The largest absolute Gasteiger partial charge is 0.447 e. The zero-order valence-corrected chi connectivity index (χ0v) is 19.2. The Kier molecular flexibility index (Phi) is 6.90. The second kappa shape index (κ2) is 10.0. The number of aromatic nitrogens is 1. The molecule has 32 heavy (non-hydrogen) atoms. The second-order valence-corrected chi connectivity index (χ2v) is 8.65. The van der Waals surface area contributed by atoms with E-state index in [0.717, 1.165) is 56.0 Å². The molecule has 1 aliphatic heterocycles. The molecule has 1 fully saturated rings. The molecule has 1 aliphatic rings. The van der Waals surface area contributed by atoms with E-state index in [1.165, 1.54) is 16.6 Å². The summed E-state index contributed by atoms with van der Waals surface area (Å²) in [5.41, 5.74) is 5.39. The highest BCUT2D eigenvalue weighted by Crippen LogP contribution is 2.27. The fourth-order valence-corrected chi connectivity index (χ4v) is 4.18. The van der Waals surface area contributed by atoms with Crippen molar-refractivity contribution >= 4 is 28.4 Å². The van der Waals surface area contributed by atoms with E-state index in [4.69, 9.17) is 4.74 Å². The minimum atomic E-state index is -0.410. The smallest absolute Gasteiger partial charge is 0.411 e. The number of nitrogens with zero attached hydrogens (tertiary/aromatic N) is 3. The maximum absolute atomic E-state index is 11.8. The minimum absolute atomic E-state index is 0.133. The van der Waals surface area contributed by atoms with E-state index in [1.807, 2.05) is 39.0 Å². The van der Waals surface area contributed by atoms with Gasteiger partial charge in [0.2, 0.25) is 0 Å². The lowest BCUT2D eigenvalue weighted by Gasteiger charge is -2.36. The number of pyridine rings is 1. The Hall–Kier alpha value is -3.12. The third kappa shape index (κ3) is 5.56. The van der Waals surface area contributed by atoms with Gasteiger partial charge in [-0.1, -0.05) is 18.2 Å². The number of nitrogens with one attached hydrogen (secondary N) is 1. The number of rotatable bonds is 6. The van der Waals surface area contributed by atoms with E-state index in [9.17, 15) is 4.79 Å². The molecule has 0 aliphatic carbocycles. The van der Waals surface area contributed by atoms with Gasteiger partial charge in [0.15, 0.2) is 0 Å². The van der Waals surface area contributed by atoms with Gasteiger partial charge >= 0.3 is 6.09 Å². The van der Waals surface area contributed by atoms with Gasteiger partial charge in [-0.25, -0.2) is 4.79 Å². The molecule has 0 bridgehead atoms. The van der Waals surface area contributed by atoms with Crippen LogP contribution in [0.4, 0.5) is 16.2 Å². The molecule has 0 atom stereocenters. The van der Waals surface area contributed by atoms with Crippen molar-refractivity contribution in [3.8, 4) is 0 Å². The van der Waals surface area contributed by atoms with Gasteiger partial charge in [0.05, 0.1) is 11.6 Å². The molecule has 6 nitrogen and oxygen atoms in total. The second-order valence-electron chi connectivity index (χ2n) is 8.65. The van der Waals surface area contributed by atoms with E-state index in [-0.39, 0.29) is 6.10 Å². The number of hydrogen-bond acceptors (Lipinski definition) is 5. The SMILES string of the molecule is Cc1ccc2c(N3CCN(CCc4cccc(NC(=O)OC(C)C)c4)CC3)cccc2n1. The molecule has 4 rings (SSSR count). The van der Waals surface area contributed by atoms with Gasteiger partial charge in [-0.05, 0) is 69.2 Å². The summed E-state index contributed by atoms with van der Waals surface area (Å²) in [5.74, 6) is 0. The van der Waals surface area contributed by atoms with Gasteiger partial charge in [-0.2, -0.15) is 0 Å². The van der Waals surface area contributed by atoms with Gasteiger partial charge in [0.1, 0.15) is 0 Å². The van der Waals surface area contributed by atoms with Crippen molar-refractivity contribution in [2.45, 2.75) is 33.3 Å². The molecule has 6 heteroatoms. The lowest BCUT2D eigenvalue weighted by atomic mass is 10.1. The summed E-state index contributed by atoms with van der Waals surface area (Å²) >= 11 is 0. The number of fused-ring (bicyclic) bond motifs is 1. The van der Waals surface area contributed by atoms with Crippen LogP contribution in [0, 0.1) is 6.92 Å². The predicted molar refractivity (Wildman–Crippen MR) is 131 cm³/mol. The topological polar surface area (TPSA) is 57.7 Å². The fourth-order valence-electron chi connectivity index (χ4n) is 4.18. The van der Waals surface area contributed by atoms with Gasteiger partial charge in [0.25, 0.3) is 0 Å². The first-order chi connectivity index (χ1) is 15.5. The van der Waals surface area contributed by atoms with Crippen LogP contribution in [0.25, 0.3) is 10.9 Å². The summed E-state index contributed by atoms with van der Waals surface area (Å²) in [6.07, 6.45) is 0.407. The average Bonchev–Trinajstić information content (AvgIpc) is 2.77. The van der Waals surface area contributed by atoms with E-state index in [2.05, 4.69) is 56.5 Å². The molecular formula is C26H32N4O2.